The van der Waals surface area contributed by atoms with Gasteiger partial charge in [0.25, 0.3) is 0 Å². The maximum absolute atomic E-state index is 12.9. The molecule has 0 radical (unpaired) electrons. The number of nitrogens with zero attached hydrogens (tertiary/aromatic N) is 1. The number of carbonyl (C=O) groups excluding carboxylic acids is 1. The van der Waals surface area contributed by atoms with E-state index in [1.807, 2.05) is 21.1 Å². The number of hydrogen-bond donors (Lipinski definition) is 3. The van der Waals surface area contributed by atoms with E-state index in [1.54, 1.807) is 0 Å². The second-order valence-electron chi connectivity index (χ2n) is 17.8. The summed E-state index contributed by atoms with van der Waals surface area (Å²) in [6.45, 7) is 4.71. The number of aliphatic hydroxyl groups excluding tert-OH is 1. The number of rotatable bonds is 44. The average Bonchev–Trinajstić information content (AvgIpc) is 3.24. The van der Waals surface area contributed by atoms with Crippen molar-refractivity contribution in [2.75, 3.05) is 40.9 Å². The van der Waals surface area contributed by atoms with E-state index in [9.17, 15) is 19.4 Å². The molecule has 9 heteroatoms. The number of carbonyl (C=O) groups is 1. The predicted molar refractivity (Wildman–Crippen MR) is 272 cm³/mol. The quantitative estimate of drug-likeness (QED) is 0.0243. The van der Waals surface area contributed by atoms with Gasteiger partial charge in [0.15, 0.2) is 0 Å². The highest BCUT2D eigenvalue weighted by Crippen LogP contribution is 2.43. The Morgan fingerprint density at radius 2 is 0.952 bits per heavy atom. The molecular weight excluding hydrogens is 804 g/mol. The van der Waals surface area contributed by atoms with Crippen LogP contribution in [0.25, 0.3) is 0 Å². The summed E-state index contributed by atoms with van der Waals surface area (Å²) in [6.07, 6.45) is 63.2. The molecule has 0 rings (SSSR count). The number of unbranched alkanes of at least 4 members (excludes halogenated alkanes) is 15. The van der Waals surface area contributed by atoms with Gasteiger partial charge in [-0.15, -0.1) is 0 Å². The summed E-state index contributed by atoms with van der Waals surface area (Å²) in [4.78, 5) is 23.1. The summed E-state index contributed by atoms with van der Waals surface area (Å²) >= 11 is 0. The van der Waals surface area contributed by atoms with Crippen LogP contribution in [0.15, 0.2) is 97.2 Å². The van der Waals surface area contributed by atoms with Gasteiger partial charge >= 0.3 is 7.82 Å². The Hall–Kier alpha value is -2.58. The smallest absolute Gasteiger partial charge is 0.391 e. The summed E-state index contributed by atoms with van der Waals surface area (Å²) in [7, 11) is 1.59. The van der Waals surface area contributed by atoms with Crippen LogP contribution in [0.2, 0.25) is 0 Å². The number of hydrogen-bond acceptors (Lipinski definition) is 5. The minimum Gasteiger partial charge on any atom is -0.391 e. The highest BCUT2D eigenvalue weighted by Gasteiger charge is 2.28. The molecule has 1 amide bonds. The van der Waals surface area contributed by atoms with Gasteiger partial charge in [0.2, 0.25) is 5.91 Å². The van der Waals surface area contributed by atoms with Crippen LogP contribution < -0.4 is 5.32 Å². The van der Waals surface area contributed by atoms with Gasteiger partial charge in [0.05, 0.1) is 39.9 Å². The first-order valence-corrected chi connectivity index (χ1v) is 26.6. The molecule has 0 bridgehead atoms. The van der Waals surface area contributed by atoms with Crippen LogP contribution >= 0.6 is 7.82 Å². The molecular formula is C54H96N2O6P+. The first-order chi connectivity index (χ1) is 30.5. The molecule has 0 fully saturated rings. The van der Waals surface area contributed by atoms with Crippen molar-refractivity contribution in [1.82, 2.24) is 5.32 Å². The van der Waals surface area contributed by atoms with E-state index in [1.165, 1.54) is 64.2 Å². The van der Waals surface area contributed by atoms with Gasteiger partial charge < -0.3 is 19.8 Å². The largest absolute Gasteiger partial charge is 0.472 e. The zero-order valence-electron chi connectivity index (χ0n) is 41.0. The molecule has 0 saturated carbocycles. The molecule has 0 spiro atoms. The lowest BCUT2D eigenvalue weighted by molar-refractivity contribution is -0.870. The summed E-state index contributed by atoms with van der Waals surface area (Å²) < 4.78 is 23.6. The lowest BCUT2D eigenvalue weighted by Crippen LogP contribution is -2.46. The number of aliphatic hydroxyl groups is 1. The maximum atomic E-state index is 12.9. The van der Waals surface area contributed by atoms with Crippen molar-refractivity contribution in [2.24, 2.45) is 0 Å². The van der Waals surface area contributed by atoms with Crippen LogP contribution in [0.5, 0.6) is 0 Å². The van der Waals surface area contributed by atoms with E-state index in [2.05, 4.69) is 116 Å². The fourth-order valence-electron chi connectivity index (χ4n) is 6.65. The van der Waals surface area contributed by atoms with Crippen molar-refractivity contribution in [1.29, 1.82) is 0 Å². The molecule has 0 aliphatic heterocycles. The molecule has 362 valence electrons. The Labute approximate surface area is 388 Å². The Kier molecular flexibility index (Phi) is 42.8. The topological polar surface area (TPSA) is 105 Å². The molecule has 0 aliphatic rings. The molecule has 0 heterocycles. The van der Waals surface area contributed by atoms with Crippen LogP contribution in [0.3, 0.4) is 0 Å². The van der Waals surface area contributed by atoms with Gasteiger partial charge in [0, 0.05) is 6.42 Å². The van der Waals surface area contributed by atoms with Crippen molar-refractivity contribution in [2.45, 2.75) is 199 Å². The first kappa shape index (κ1) is 60.4. The fourth-order valence-corrected chi connectivity index (χ4v) is 7.38. The van der Waals surface area contributed by atoms with Gasteiger partial charge in [-0.25, -0.2) is 4.57 Å². The second kappa shape index (κ2) is 44.6. The van der Waals surface area contributed by atoms with Crippen LogP contribution in [-0.4, -0.2) is 73.4 Å². The summed E-state index contributed by atoms with van der Waals surface area (Å²) in [6, 6.07) is -0.769. The SMILES string of the molecule is CC/C=C\C/C=C\C/C=C\C/C=C\C/C=C\C/C=C\C/C=C\C/C=C\CCCCCCCCCCC(=O)NC(COP(=O)(O)OCC[N+](C)(C)C)C(O)CCCCCCCCCC. The Morgan fingerprint density at radius 1 is 0.556 bits per heavy atom. The number of phosphoric ester groups is 1. The number of allylic oxidation sites excluding steroid dienone is 16. The fraction of sp³-hybridized carbons (Fsp3) is 0.685. The molecule has 3 N–H and O–H groups in total. The van der Waals surface area contributed by atoms with Crippen molar-refractivity contribution in [3.63, 3.8) is 0 Å². The van der Waals surface area contributed by atoms with E-state index in [0.29, 0.717) is 23.9 Å². The van der Waals surface area contributed by atoms with Crippen molar-refractivity contribution < 1.29 is 32.9 Å². The van der Waals surface area contributed by atoms with E-state index in [4.69, 9.17) is 9.05 Å². The Morgan fingerprint density at radius 3 is 1.40 bits per heavy atom. The molecule has 3 unspecified atom stereocenters. The number of amides is 1. The molecule has 0 aromatic carbocycles. The first-order valence-electron chi connectivity index (χ1n) is 25.1. The standard InChI is InChI=1S/C54H95N2O6P/c1-6-8-10-12-14-16-17-18-19-20-21-22-23-24-25-26-27-28-29-30-31-32-33-34-35-36-37-38-39-40-42-44-46-48-54(58)55-52(51-62-63(59,60)61-50-49-56(3,4)5)53(57)47-45-43-41-15-13-11-9-7-2/h8,10,14,16,18-19,21-22,24-25,27-28,30-31,33-34,52-53,57H,6-7,9,11-13,15,17,20,23,26,29,32,35-51H2,1-5H3,(H-,55,58,59,60)/p+1/b10-8-,16-14-,19-18-,22-21-,25-24-,28-27-,31-30-,34-33-. The number of likely N-dealkylation sites (N-methyl/N-ethyl adjacent to an activating group) is 1. The number of quaternary nitrogens is 1. The highest BCUT2D eigenvalue weighted by atomic mass is 31.2. The van der Waals surface area contributed by atoms with Gasteiger partial charge in [-0.1, -0.05) is 201 Å². The lowest BCUT2D eigenvalue weighted by Gasteiger charge is -2.26. The van der Waals surface area contributed by atoms with Crippen molar-refractivity contribution >= 4 is 13.7 Å². The predicted octanol–water partition coefficient (Wildman–Crippen LogP) is 14.7. The number of nitrogens with one attached hydrogen (secondary N) is 1. The van der Waals surface area contributed by atoms with Gasteiger partial charge in [-0.3, -0.25) is 13.8 Å². The van der Waals surface area contributed by atoms with E-state index < -0.39 is 20.0 Å². The zero-order valence-corrected chi connectivity index (χ0v) is 41.9. The van der Waals surface area contributed by atoms with E-state index in [0.717, 1.165) is 96.3 Å². The van der Waals surface area contributed by atoms with Crippen LogP contribution in [0.1, 0.15) is 187 Å². The molecule has 3 atom stereocenters. The van der Waals surface area contributed by atoms with Gasteiger partial charge in [-0.2, -0.15) is 0 Å². The maximum Gasteiger partial charge on any atom is 0.472 e. The van der Waals surface area contributed by atoms with Crippen molar-refractivity contribution in [3.05, 3.63) is 97.2 Å². The molecule has 0 aromatic heterocycles. The van der Waals surface area contributed by atoms with Gasteiger partial charge in [0.1, 0.15) is 13.2 Å². The zero-order chi connectivity index (χ0) is 46.4. The lowest BCUT2D eigenvalue weighted by atomic mass is 10.0. The second-order valence-corrected chi connectivity index (χ2v) is 19.3. The molecule has 0 aliphatic carbocycles. The third-order valence-corrected chi connectivity index (χ3v) is 11.6. The summed E-state index contributed by atoms with van der Waals surface area (Å²) in [5, 5.41) is 13.9. The van der Waals surface area contributed by atoms with E-state index >= 15 is 0 Å². The Bertz CT molecular complexity index is 1340. The molecule has 8 nitrogen and oxygen atoms in total. The van der Waals surface area contributed by atoms with Crippen molar-refractivity contribution in [3.8, 4) is 0 Å². The van der Waals surface area contributed by atoms with E-state index in [-0.39, 0.29) is 19.1 Å². The average molecular weight is 900 g/mol. The molecule has 0 aromatic rings. The molecule has 0 saturated heterocycles. The third kappa shape index (κ3) is 47.2. The minimum absolute atomic E-state index is 0.0677. The normalized spacial score (nSPS) is 15.0. The van der Waals surface area contributed by atoms with Crippen LogP contribution in [0.4, 0.5) is 0 Å². The van der Waals surface area contributed by atoms with Crippen LogP contribution in [-0.2, 0) is 18.4 Å². The third-order valence-electron chi connectivity index (χ3n) is 10.6. The summed E-state index contributed by atoms with van der Waals surface area (Å²) in [5.41, 5.74) is 0. The summed E-state index contributed by atoms with van der Waals surface area (Å²) in [5.74, 6) is -0.161. The minimum atomic E-state index is -4.32. The monoisotopic (exact) mass is 900 g/mol. The van der Waals surface area contributed by atoms with Crippen LogP contribution in [0, 0.1) is 0 Å². The number of phosphoric acid groups is 1. The highest BCUT2D eigenvalue weighted by molar-refractivity contribution is 7.47. The van der Waals surface area contributed by atoms with Gasteiger partial charge in [-0.05, 0) is 77.0 Å². The molecule has 63 heavy (non-hydrogen) atoms. The Balaban J connectivity index is 4.09.